The number of fused-ring (bicyclic) bond motifs is 2. The van der Waals surface area contributed by atoms with E-state index in [1.807, 2.05) is 36.4 Å². The van der Waals surface area contributed by atoms with Crippen molar-refractivity contribution in [2.45, 2.75) is 0 Å². The van der Waals surface area contributed by atoms with Gasteiger partial charge in [-0.25, -0.2) is 0 Å². The number of hydrogen-bond donors (Lipinski definition) is 1. The second kappa shape index (κ2) is 4.14. The molecule has 0 saturated heterocycles. The molecule has 2 aromatic carbocycles. The molecule has 1 N–H and O–H groups in total. The van der Waals surface area contributed by atoms with Crippen molar-refractivity contribution in [2.24, 2.45) is 0 Å². The molecule has 3 rings (SSSR count). The van der Waals surface area contributed by atoms with E-state index in [4.69, 9.17) is 14.2 Å². The van der Waals surface area contributed by atoms with E-state index < -0.39 is 0 Å². The minimum atomic E-state index is 0.745. The van der Waals surface area contributed by atoms with Crippen LogP contribution >= 0.6 is 0 Å². The Kier molecular flexibility index (Phi) is 2.48. The Balaban J connectivity index is 2.01. The fraction of sp³-hybridized carbons (Fsp3) is 0.143. The molecule has 0 atom stereocenters. The van der Waals surface area contributed by atoms with Crippen LogP contribution in [-0.2, 0) is 0 Å². The predicted molar refractivity (Wildman–Crippen MR) is 69.3 cm³/mol. The van der Waals surface area contributed by atoms with Crippen molar-refractivity contribution in [3.05, 3.63) is 36.4 Å². The third-order valence-corrected chi connectivity index (χ3v) is 2.87. The highest BCUT2D eigenvalue weighted by Gasteiger charge is 2.17. The second-order valence-electron chi connectivity index (χ2n) is 3.95. The Hall–Kier alpha value is -2.36. The number of methoxy groups -OCH3 is 2. The molecule has 1 aliphatic rings. The SMILES string of the molecule is COc1ccc2c(c1)Oc1cc(OC)ccc1N2. The Morgan fingerprint density at radius 1 is 0.833 bits per heavy atom. The van der Waals surface area contributed by atoms with Crippen LogP contribution < -0.4 is 19.5 Å². The molecule has 0 saturated carbocycles. The van der Waals surface area contributed by atoms with Gasteiger partial charge >= 0.3 is 0 Å². The van der Waals surface area contributed by atoms with E-state index in [0.29, 0.717) is 0 Å². The van der Waals surface area contributed by atoms with Crippen LogP contribution in [0.15, 0.2) is 36.4 Å². The van der Waals surface area contributed by atoms with Crippen LogP contribution in [0.25, 0.3) is 0 Å². The molecule has 4 heteroatoms. The summed E-state index contributed by atoms with van der Waals surface area (Å²) in [7, 11) is 3.27. The second-order valence-corrected chi connectivity index (χ2v) is 3.95. The molecule has 0 fully saturated rings. The van der Waals surface area contributed by atoms with Gasteiger partial charge in [-0.05, 0) is 24.3 Å². The van der Waals surface area contributed by atoms with Gasteiger partial charge in [-0.15, -0.1) is 0 Å². The Labute approximate surface area is 105 Å². The van der Waals surface area contributed by atoms with Crippen molar-refractivity contribution >= 4 is 11.4 Å². The molecule has 4 nitrogen and oxygen atoms in total. The first-order valence-electron chi connectivity index (χ1n) is 5.61. The number of anilines is 2. The van der Waals surface area contributed by atoms with Crippen molar-refractivity contribution in [3.63, 3.8) is 0 Å². The van der Waals surface area contributed by atoms with E-state index in [0.717, 1.165) is 34.4 Å². The molecular formula is C14H13NO3. The highest BCUT2D eigenvalue weighted by molar-refractivity contribution is 5.76. The van der Waals surface area contributed by atoms with Gasteiger partial charge < -0.3 is 19.5 Å². The first kappa shape index (κ1) is 10.8. The van der Waals surface area contributed by atoms with Crippen LogP contribution in [0, 0.1) is 0 Å². The summed E-state index contributed by atoms with van der Waals surface area (Å²) in [6.45, 7) is 0. The Morgan fingerprint density at radius 3 is 1.78 bits per heavy atom. The van der Waals surface area contributed by atoms with Crippen molar-refractivity contribution in [2.75, 3.05) is 19.5 Å². The zero-order valence-electron chi connectivity index (χ0n) is 10.2. The summed E-state index contributed by atoms with van der Waals surface area (Å²) in [5.41, 5.74) is 1.85. The fourth-order valence-electron chi connectivity index (χ4n) is 1.90. The zero-order chi connectivity index (χ0) is 12.5. The van der Waals surface area contributed by atoms with Gasteiger partial charge in [-0.1, -0.05) is 0 Å². The molecule has 0 unspecified atom stereocenters. The average molecular weight is 243 g/mol. The van der Waals surface area contributed by atoms with Gasteiger partial charge in [0.25, 0.3) is 0 Å². The minimum absolute atomic E-state index is 0.745. The summed E-state index contributed by atoms with van der Waals surface area (Å²) in [4.78, 5) is 0. The van der Waals surface area contributed by atoms with Gasteiger partial charge in [-0.2, -0.15) is 0 Å². The largest absolute Gasteiger partial charge is 0.497 e. The van der Waals surface area contributed by atoms with E-state index >= 15 is 0 Å². The van der Waals surface area contributed by atoms with Crippen LogP contribution in [0.5, 0.6) is 23.0 Å². The van der Waals surface area contributed by atoms with Crippen LogP contribution in [0.2, 0.25) is 0 Å². The molecule has 92 valence electrons. The first-order chi connectivity index (χ1) is 8.80. The lowest BCUT2D eigenvalue weighted by Crippen LogP contribution is -2.03. The molecule has 1 aliphatic heterocycles. The predicted octanol–water partition coefficient (Wildman–Crippen LogP) is 3.55. The third kappa shape index (κ3) is 1.72. The summed E-state index contributed by atoms with van der Waals surface area (Å²) in [6.07, 6.45) is 0. The molecule has 0 aromatic heterocycles. The van der Waals surface area contributed by atoms with E-state index in [9.17, 15) is 0 Å². The fourth-order valence-corrected chi connectivity index (χ4v) is 1.90. The van der Waals surface area contributed by atoms with Gasteiger partial charge in [0.2, 0.25) is 0 Å². The summed E-state index contributed by atoms with van der Waals surface area (Å²) in [5.74, 6) is 3.02. The maximum atomic E-state index is 5.84. The minimum Gasteiger partial charge on any atom is -0.497 e. The molecule has 0 amide bonds. The highest BCUT2D eigenvalue weighted by Crippen LogP contribution is 2.44. The maximum absolute atomic E-state index is 5.84. The molecule has 18 heavy (non-hydrogen) atoms. The quantitative estimate of drug-likeness (QED) is 0.747. The lowest BCUT2D eigenvalue weighted by molar-refractivity contribution is 0.404. The van der Waals surface area contributed by atoms with Crippen molar-refractivity contribution in [1.29, 1.82) is 0 Å². The van der Waals surface area contributed by atoms with E-state index in [1.54, 1.807) is 14.2 Å². The number of hydrogen-bond acceptors (Lipinski definition) is 4. The molecule has 2 aromatic rings. The van der Waals surface area contributed by atoms with Crippen LogP contribution in [0.4, 0.5) is 11.4 Å². The van der Waals surface area contributed by atoms with Gasteiger partial charge in [0.15, 0.2) is 11.5 Å². The van der Waals surface area contributed by atoms with E-state index in [2.05, 4.69) is 5.32 Å². The normalized spacial score (nSPS) is 11.7. The highest BCUT2D eigenvalue weighted by atomic mass is 16.5. The van der Waals surface area contributed by atoms with Gasteiger partial charge in [-0.3, -0.25) is 0 Å². The van der Waals surface area contributed by atoms with Crippen LogP contribution in [0.3, 0.4) is 0 Å². The van der Waals surface area contributed by atoms with Crippen molar-refractivity contribution < 1.29 is 14.2 Å². The standard InChI is InChI=1S/C14H13NO3/c1-16-9-3-5-11-13(7-9)18-14-8-10(17-2)4-6-12(14)15-11/h3-8,15H,1-2H3. The zero-order valence-corrected chi connectivity index (χ0v) is 10.2. The van der Waals surface area contributed by atoms with Crippen LogP contribution in [-0.4, -0.2) is 14.2 Å². The first-order valence-corrected chi connectivity index (χ1v) is 5.61. The van der Waals surface area contributed by atoms with Gasteiger partial charge in [0.1, 0.15) is 11.5 Å². The molecule has 0 aliphatic carbocycles. The monoisotopic (exact) mass is 243 g/mol. The Morgan fingerprint density at radius 2 is 1.33 bits per heavy atom. The summed E-state index contributed by atoms with van der Waals surface area (Å²) < 4.78 is 16.2. The number of ether oxygens (including phenoxy) is 3. The molecule has 0 bridgehead atoms. The third-order valence-electron chi connectivity index (χ3n) is 2.87. The van der Waals surface area contributed by atoms with Crippen LogP contribution in [0.1, 0.15) is 0 Å². The Bertz CT molecular complexity index is 544. The molecule has 0 radical (unpaired) electrons. The average Bonchev–Trinajstić information content (AvgIpc) is 2.43. The maximum Gasteiger partial charge on any atom is 0.154 e. The van der Waals surface area contributed by atoms with E-state index in [1.165, 1.54) is 0 Å². The number of rotatable bonds is 2. The summed E-state index contributed by atoms with van der Waals surface area (Å²) in [6, 6.07) is 11.4. The molecule has 0 spiro atoms. The van der Waals surface area contributed by atoms with E-state index in [-0.39, 0.29) is 0 Å². The smallest absolute Gasteiger partial charge is 0.154 e. The lowest BCUT2D eigenvalue weighted by atomic mass is 10.2. The summed E-state index contributed by atoms with van der Waals surface area (Å²) >= 11 is 0. The number of nitrogens with one attached hydrogen (secondary N) is 1. The topological polar surface area (TPSA) is 39.7 Å². The van der Waals surface area contributed by atoms with Gasteiger partial charge in [0.05, 0.1) is 25.6 Å². The number of benzene rings is 2. The van der Waals surface area contributed by atoms with Crippen molar-refractivity contribution in [1.82, 2.24) is 0 Å². The lowest BCUT2D eigenvalue weighted by Gasteiger charge is -2.22. The molecular weight excluding hydrogens is 230 g/mol. The van der Waals surface area contributed by atoms with Gasteiger partial charge in [0, 0.05) is 12.1 Å². The van der Waals surface area contributed by atoms with Crippen molar-refractivity contribution in [3.8, 4) is 23.0 Å². The molecule has 1 heterocycles. The summed E-state index contributed by atoms with van der Waals surface area (Å²) in [5, 5.41) is 3.31.